The number of nitrogens with zero attached hydrogens (tertiary/aromatic N) is 1. The molecule has 0 saturated heterocycles. The number of carboxylic acids is 1. The van der Waals surface area contributed by atoms with Gasteiger partial charge in [-0.1, -0.05) is 13.0 Å². The second kappa shape index (κ2) is 7.04. The Labute approximate surface area is 117 Å². The smallest absolute Gasteiger partial charge is 0.323 e. The molecular formula is C13H17NO4S. The third-order valence-electron chi connectivity index (χ3n) is 2.62. The van der Waals surface area contributed by atoms with Crippen LogP contribution >= 0.6 is 12.6 Å². The number of hydrogen-bond acceptors (Lipinski definition) is 4. The van der Waals surface area contributed by atoms with E-state index in [0.717, 1.165) is 0 Å². The van der Waals surface area contributed by atoms with E-state index in [-0.39, 0.29) is 18.4 Å². The van der Waals surface area contributed by atoms with Gasteiger partial charge in [0.2, 0.25) is 5.91 Å². The summed E-state index contributed by atoms with van der Waals surface area (Å²) in [7, 11) is 1.51. The summed E-state index contributed by atoms with van der Waals surface area (Å²) in [5.74, 6) is -0.764. The van der Waals surface area contributed by atoms with Gasteiger partial charge in [-0.05, 0) is 12.1 Å². The van der Waals surface area contributed by atoms with Crippen LogP contribution < -0.4 is 9.64 Å². The van der Waals surface area contributed by atoms with Crippen molar-refractivity contribution in [3.8, 4) is 5.75 Å². The molecule has 0 saturated carbocycles. The van der Waals surface area contributed by atoms with Crippen LogP contribution in [0.5, 0.6) is 5.75 Å². The topological polar surface area (TPSA) is 66.8 Å². The van der Waals surface area contributed by atoms with Crippen LogP contribution in [0.3, 0.4) is 0 Å². The van der Waals surface area contributed by atoms with Crippen molar-refractivity contribution in [2.45, 2.75) is 6.92 Å². The Hall–Kier alpha value is -1.69. The summed E-state index contributed by atoms with van der Waals surface area (Å²) >= 11 is 4.07. The molecule has 1 aromatic carbocycles. The maximum Gasteiger partial charge on any atom is 0.323 e. The fourth-order valence-corrected chi connectivity index (χ4v) is 1.71. The number of methoxy groups -OCH3 is 1. The molecule has 19 heavy (non-hydrogen) atoms. The second-order valence-electron chi connectivity index (χ2n) is 4.10. The van der Waals surface area contributed by atoms with Crippen LogP contribution in [0, 0.1) is 5.92 Å². The molecule has 0 spiro atoms. The van der Waals surface area contributed by atoms with Gasteiger partial charge in [-0.25, -0.2) is 0 Å². The molecule has 0 aliphatic carbocycles. The molecule has 0 fully saturated rings. The first kappa shape index (κ1) is 15.4. The highest BCUT2D eigenvalue weighted by atomic mass is 32.1. The molecule has 5 nitrogen and oxygen atoms in total. The fraction of sp³-hybridized carbons (Fsp3) is 0.385. The molecule has 104 valence electrons. The molecule has 6 heteroatoms. The summed E-state index contributed by atoms with van der Waals surface area (Å²) in [5.41, 5.74) is 0.500. The molecule has 1 atom stereocenters. The Morgan fingerprint density at radius 1 is 1.47 bits per heavy atom. The summed E-state index contributed by atoms with van der Waals surface area (Å²) in [6.45, 7) is 1.33. The molecule has 0 radical (unpaired) electrons. The second-order valence-corrected chi connectivity index (χ2v) is 4.47. The van der Waals surface area contributed by atoms with Crippen LogP contribution in [0.4, 0.5) is 5.69 Å². The molecule has 0 aliphatic rings. The SMILES string of the molecule is COc1cccc(N(CC(=O)O)C(=O)[C@@H](C)CS)c1. The number of aliphatic carboxylic acids is 1. The van der Waals surface area contributed by atoms with Crippen LogP contribution in [0.2, 0.25) is 0 Å². The standard InChI is InChI=1S/C13H17NO4S/c1-9(8-19)13(17)14(7-12(15)16)10-4-3-5-11(6-10)18-2/h3-6,9,19H,7-8H2,1-2H3,(H,15,16)/t9-/m0/s1. The Kier molecular flexibility index (Phi) is 5.69. The molecule has 0 aromatic heterocycles. The van der Waals surface area contributed by atoms with Gasteiger partial charge in [-0.3, -0.25) is 9.59 Å². The van der Waals surface area contributed by atoms with Crippen molar-refractivity contribution in [1.29, 1.82) is 0 Å². The van der Waals surface area contributed by atoms with Crippen molar-refractivity contribution < 1.29 is 19.4 Å². The van der Waals surface area contributed by atoms with Gasteiger partial charge in [0.05, 0.1) is 7.11 Å². The van der Waals surface area contributed by atoms with E-state index >= 15 is 0 Å². The molecule has 1 amide bonds. The monoisotopic (exact) mass is 283 g/mol. The quantitative estimate of drug-likeness (QED) is 0.780. The van der Waals surface area contributed by atoms with Gasteiger partial charge >= 0.3 is 5.97 Å². The van der Waals surface area contributed by atoms with E-state index in [0.29, 0.717) is 17.2 Å². The highest BCUT2D eigenvalue weighted by Gasteiger charge is 2.23. The lowest BCUT2D eigenvalue weighted by Crippen LogP contribution is -2.39. The molecular weight excluding hydrogens is 266 g/mol. The number of thiol groups is 1. The highest BCUT2D eigenvalue weighted by molar-refractivity contribution is 7.80. The van der Waals surface area contributed by atoms with E-state index < -0.39 is 5.97 Å². The number of rotatable bonds is 6. The normalized spacial score (nSPS) is 11.7. The van der Waals surface area contributed by atoms with Crippen molar-refractivity contribution in [2.75, 3.05) is 24.3 Å². The lowest BCUT2D eigenvalue weighted by molar-refractivity contribution is -0.137. The summed E-state index contributed by atoms with van der Waals surface area (Å²) < 4.78 is 5.08. The minimum atomic E-state index is -1.07. The molecule has 0 heterocycles. The van der Waals surface area contributed by atoms with Crippen molar-refractivity contribution in [3.63, 3.8) is 0 Å². The van der Waals surface area contributed by atoms with Gasteiger partial charge < -0.3 is 14.7 Å². The van der Waals surface area contributed by atoms with Gasteiger partial charge in [-0.2, -0.15) is 12.6 Å². The lowest BCUT2D eigenvalue weighted by Gasteiger charge is -2.24. The van der Waals surface area contributed by atoms with Crippen LogP contribution in [0.25, 0.3) is 0 Å². The van der Waals surface area contributed by atoms with Crippen LogP contribution in [0.1, 0.15) is 6.92 Å². The summed E-state index contributed by atoms with van der Waals surface area (Å²) in [5, 5.41) is 8.93. The van der Waals surface area contributed by atoms with Gasteiger partial charge in [0.25, 0.3) is 0 Å². The number of carbonyl (C=O) groups is 2. The number of benzene rings is 1. The molecule has 0 aliphatic heterocycles. The van der Waals surface area contributed by atoms with E-state index in [9.17, 15) is 9.59 Å². The average molecular weight is 283 g/mol. The zero-order valence-electron chi connectivity index (χ0n) is 10.9. The predicted octanol–water partition coefficient (Wildman–Crippen LogP) is 1.68. The van der Waals surface area contributed by atoms with Gasteiger partial charge in [0.1, 0.15) is 12.3 Å². The van der Waals surface area contributed by atoms with Crippen LogP contribution in [-0.4, -0.2) is 36.4 Å². The van der Waals surface area contributed by atoms with Crippen molar-refractivity contribution >= 4 is 30.2 Å². The first-order valence-corrected chi connectivity index (χ1v) is 6.41. The number of anilines is 1. The predicted molar refractivity (Wildman–Crippen MR) is 76.0 cm³/mol. The highest BCUT2D eigenvalue weighted by Crippen LogP contribution is 2.22. The summed E-state index contributed by atoms with van der Waals surface area (Å²) in [6.07, 6.45) is 0. The first-order chi connectivity index (χ1) is 8.99. The largest absolute Gasteiger partial charge is 0.497 e. The van der Waals surface area contributed by atoms with Crippen molar-refractivity contribution in [3.05, 3.63) is 24.3 Å². The number of amides is 1. The Balaban J connectivity index is 3.08. The minimum absolute atomic E-state index is 0.273. The zero-order valence-corrected chi connectivity index (χ0v) is 11.8. The molecule has 1 aromatic rings. The number of carbonyl (C=O) groups excluding carboxylic acids is 1. The summed E-state index contributed by atoms with van der Waals surface area (Å²) in [6, 6.07) is 6.75. The Bertz CT molecular complexity index is 464. The fourth-order valence-electron chi connectivity index (χ4n) is 1.55. The molecule has 1 rings (SSSR count). The number of carboxylic acid groups (broad SMARTS) is 1. The molecule has 1 N–H and O–H groups in total. The van der Waals surface area contributed by atoms with Gasteiger partial charge in [-0.15, -0.1) is 0 Å². The Morgan fingerprint density at radius 2 is 2.16 bits per heavy atom. The molecule has 0 bridgehead atoms. The first-order valence-electron chi connectivity index (χ1n) is 5.77. The average Bonchev–Trinajstić information content (AvgIpc) is 2.43. The lowest BCUT2D eigenvalue weighted by atomic mass is 10.1. The summed E-state index contributed by atoms with van der Waals surface area (Å²) in [4.78, 5) is 24.3. The maximum atomic E-state index is 12.2. The van der Waals surface area contributed by atoms with E-state index in [1.807, 2.05) is 0 Å². The van der Waals surface area contributed by atoms with Crippen LogP contribution in [0.15, 0.2) is 24.3 Å². The van der Waals surface area contributed by atoms with Gasteiger partial charge in [0.15, 0.2) is 0 Å². The van der Waals surface area contributed by atoms with E-state index in [1.54, 1.807) is 31.2 Å². The third-order valence-corrected chi connectivity index (χ3v) is 3.17. The minimum Gasteiger partial charge on any atom is -0.497 e. The zero-order chi connectivity index (χ0) is 14.4. The Morgan fingerprint density at radius 3 is 2.68 bits per heavy atom. The third kappa shape index (κ3) is 4.17. The number of ether oxygens (including phenoxy) is 1. The van der Waals surface area contributed by atoms with Gasteiger partial charge in [0, 0.05) is 23.4 Å². The van der Waals surface area contributed by atoms with E-state index in [1.165, 1.54) is 12.0 Å². The maximum absolute atomic E-state index is 12.2. The van der Waals surface area contributed by atoms with Crippen LogP contribution in [-0.2, 0) is 9.59 Å². The van der Waals surface area contributed by atoms with E-state index in [2.05, 4.69) is 12.6 Å². The van der Waals surface area contributed by atoms with Crippen molar-refractivity contribution in [1.82, 2.24) is 0 Å². The number of hydrogen-bond donors (Lipinski definition) is 2. The van der Waals surface area contributed by atoms with E-state index in [4.69, 9.17) is 9.84 Å². The molecule has 0 unspecified atom stereocenters. The van der Waals surface area contributed by atoms with Crippen molar-refractivity contribution in [2.24, 2.45) is 5.92 Å².